The summed E-state index contributed by atoms with van der Waals surface area (Å²) in [4.78, 5) is 6.71. The second-order valence-corrected chi connectivity index (χ2v) is 5.71. The average molecular weight is 278 g/mol. The largest absolute Gasteiger partial charge is 0.390 e. The Kier molecular flexibility index (Phi) is 3.63. The van der Waals surface area contributed by atoms with Gasteiger partial charge in [-0.15, -0.1) is 11.3 Å². The molecule has 3 heterocycles. The van der Waals surface area contributed by atoms with E-state index < -0.39 is 0 Å². The lowest BCUT2D eigenvalue weighted by Gasteiger charge is -2.26. The first-order valence-electron chi connectivity index (χ1n) is 6.60. The highest BCUT2D eigenvalue weighted by Gasteiger charge is 2.24. The summed E-state index contributed by atoms with van der Waals surface area (Å²) in [7, 11) is 0. The number of nitrogens with zero attached hydrogens (tertiary/aromatic N) is 4. The molecule has 0 saturated carbocycles. The second kappa shape index (κ2) is 5.40. The van der Waals surface area contributed by atoms with E-state index in [0.717, 1.165) is 43.3 Å². The maximum absolute atomic E-state index is 9.44. The van der Waals surface area contributed by atoms with Crippen molar-refractivity contribution in [2.45, 2.75) is 39.6 Å². The molecule has 1 aliphatic rings. The molecule has 2 aromatic rings. The third-order valence-electron chi connectivity index (χ3n) is 3.59. The predicted octanol–water partition coefficient (Wildman–Crippen LogP) is 1.41. The Bertz CT molecular complexity index is 549. The van der Waals surface area contributed by atoms with E-state index in [0.29, 0.717) is 0 Å². The van der Waals surface area contributed by atoms with Crippen LogP contribution in [0.4, 0.5) is 0 Å². The highest BCUT2D eigenvalue weighted by molar-refractivity contribution is 7.09. The Morgan fingerprint density at radius 2 is 2.37 bits per heavy atom. The van der Waals surface area contributed by atoms with E-state index in [1.165, 1.54) is 11.3 Å². The highest BCUT2D eigenvalue weighted by atomic mass is 32.1. The third kappa shape index (κ3) is 2.43. The standard InChI is InChI=1S/C13H18N4OS/c1-2-17-12-3-5-16(8-13-14-4-6-19-13)7-10(12)11(9-18)15-17/h4,6,18H,2-3,5,7-9H2,1H3. The SMILES string of the molecule is CCn1nc(CO)c2c1CCN(Cc1nccs1)C2. The quantitative estimate of drug-likeness (QED) is 0.919. The van der Waals surface area contributed by atoms with E-state index >= 15 is 0 Å². The molecule has 0 fully saturated rings. The van der Waals surface area contributed by atoms with E-state index in [1.807, 2.05) is 16.3 Å². The first-order chi connectivity index (χ1) is 9.31. The molecule has 2 aromatic heterocycles. The van der Waals surface area contributed by atoms with E-state index in [-0.39, 0.29) is 6.61 Å². The normalized spacial score (nSPS) is 15.7. The number of aryl methyl sites for hydroxylation is 1. The molecule has 19 heavy (non-hydrogen) atoms. The molecular weight excluding hydrogens is 260 g/mol. The van der Waals surface area contributed by atoms with Crippen molar-refractivity contribution in [3.8, 4) is 0 Å². The van der Waals surface area contributed by atoms with E-state index in [1.54, 1.807) is 11.3 Å². The zero-order chi connectivity index (χ0) is 13.2. The molecule has 0 bridgehead atoms. The van der Waals surface area contributed by atoms with Gasteiger partial charge >= 0.3 is 0 Å². The Labute approximate surface area is 116 Å². The highest BCUT2D eigenvalue weighted by Crippen LogP contribution is 2.24. The van der Waals surface area contributed by atoms with Crippen LogP contribution in [-0.2, 0) is 32.7 Å². The van der Waals surface area contributed by atoms with Crippen LogP contribution < -0.4 is 0 Å². The molecule has 0 aliphatic carbocycles. The number of fused-ring (bicyclic) bond motifs is 1. The van der Waals surface area contributed by atoms with Gasteiger partial charge in [-0.2, -0.15) is 5.10 Å². The van der Waals surface area contributed by atoms with Crippen molar-refractivity contribution in [3.05, 3.63) is 33.5 Å². The maximum atomic E-state index is 9.44. The minimum Gasteiger partial charge on any atom is -0.390 e. The third-order valence-corrected chi connectivity index (χ3v) is 4.35. The first-order valence-corrected chi connectivity index (χ1v) is 7.48. The molecule has 1 aliphatic heterocycles. The van der Waals surface area contributed by atoms with Crippen LogP contribution in [0.3, 0.4) is 0 Å². The molecule has 0 aromatic carbocycles. The van der Waals surface area contributed by atoms with Crippen LogP contribution in [0.2, 0.25) is 0 Å². The van der Waals surface area contributed by atoms with Crippen molar-refractivity contribution in [2.75, 3.05) is 6.54 Å². The van der Waals surface area contributed by atoms with Crippen LogP contribution in [0.25, 0.3) is 0 Å². The van der Waals surface area contributed by atoms with E-state index in [4.69, 9.17) is 0 Å². The van der Waals surface area contributed by atoms with Gasteiger partial charge in [0, 0.05) is 48.9 Å². The van der Waals surface area contributed by atoms with Crippen LogP contribution in [0.1, 0.15) is 28.9 Å². The zero-order valence-electron chi connectivity index (χ0n) is 11.0. The molecule has 1 N–H and O–H groups in total. The van der Waals surface area contributed by atoms with Gasteiger partial charge in [0.05, 0.1) is 18.8 Å². The van der Waals surface area contributed by atoms with Crippen LogP contribution in [-0.4, -0.2) is 31.3 Å². The molecule has 102 valence electrons. The van der Waals surface area contributed by atoms with Crippen LogP contribution in [0.15, 0.2) is 11.6 Å². The number of aromatic nitrogens is 3. The Hall–Kier alpha value is -1.24. The summed E-state index contributed by atoms with van der Waals surface area (Å²) < 4.78 is 2.03. The monoisotopic (exact) mass is 278 g/mol. The fraction of sp³-hybridized carbons (Fsp3) is 0.538. The number of hydrogen-bond donors (Lipinski definition) is 1. The Morgan fingerprint density at radius 1 is 1.47 bits per heavy atom. The van der Waals surface area contributed by atoms with Crippen molar-refractivity contribution < 1.29 is 5.11 Å². The molecule has 0 spiro atoms. The molecular formula is C13H18N4OS. The number of thiazole rings is 1. The molecule has 0 saturated heterocycles. The maximum Gasteiger partial charge on any atom is 0.107 e. The van der Waals surface area contributed by atoms with Gasteiger partial charge < -0.3 is 5.11 Å². The van der Waals surface area contributed by atoms with Crippen molar-refractivity contribution >= 4 is 11.3 Å². The fourth-order valence-corrected chi connectivity index (χ4v) is 3.32. The van der Waals surface area contributed by atoms with Crippen molar-refractivity contribution in [2.24, 2.45) is 0 Å². The molecule has 0 atom stereocenters. The van der Waals surface area contributed by atoms with Crippen LogP contribution in [0, 0.1) is 0 Å². The van der Waals surface area contributed by atoms with Gasteiger partial charge in [0.2, 0.25) is 0 Å². The van der Waals surface area contributed by atoms with Crippen LogP contribution in [0.5, 0.6) is 0 Å². The van der Waals surface area contributed by atoms with Gasteiger partial charge in [0.15, 0.2) is 0 Å². The lowest BCUT2D eigenvalue weighted by Crippen LogP contribution is -2.31. The topological polar surface area (TPSA) is 54.2 Å². The summed E-state index contributed by atoms with van der Waals surface area (Å²) in [5, 5.41) is 17.1. The lowest BCUT2D eigenvalue weighted by atomic mass is 10.1. The molecule has 3 rings (SSSR count). The van der Waals surface area contributed by atoms with Gasteiger partial charge in [-0.25, -0.2) is 4.98 Å². The first kappa shape index (κ1) is 12.8. The van der Waals surface area contributed by atoms with E-state index in [2.05, 4.69) is 21.9 Å². The minimum absolute atomic E-state index is 0.0282. The number of aliphatic hydroxyl groups is 1. The number of rotatable bonds is 4. The average Bonchev–Trinajstić information content (AvgIpc) is 3.05. The summed E-state index contributed by atoms with van der Waals surface area (Å²) in [6.45, 7) is 5.78. The number of aliphatic hydroxyl groups excluding tert-OH is 1. The summed E-state index contributed by atoms with van der Waals surface area (Å²) in [6.07, 6.45) is 2.85. The smallest absolute Gasteiger partial charge is 0.107 e. The van der Waals surface area contributed by atoms with Gasteiger partial charge in [-0.1, -0.05) is 0 Å². The molecule has 0 unspecified atom stereocenters. The Morgan fingerprint density at radius 3 is 3.05 bits per heavy atom. The van der Waals surface area contributed by atoms with Crippen molar-refractivity contribution in [1.29, 1.82) is 0 Å². The van der Waals surface area contributed by atoms with Gasteiger partial charge in [-0.3, -0.25) is 9.58 Å². The predicted molar refractivity (Wildman–Crippen MR) is 73.8 cm³/mol. The zero-order valence-corrected chi connectivity index (χ0v) is 11.9. The number of hydrogen-bond acceptors (Lipinski definition) is 5. The van der Waals surface area contributed by atoms with E-state index in [9.17, 15) is 5.11 Å². The molecule has 0 amide bonds. The molecule has 5 nitrogen and oxygen atoms in total. The Balaban J connectivity index is 1.81. The minimum atomic E-state index is 0.0282. The van der Waals surface area contributed by atoms with Crippen molar-refractivity contribution in [3.63, 3.8) is 0 Å². The summed E-state index contributed by atoms with van der Waals surface area (Å²) in [5.41, 5.74) is 3.34. The molecule has 6 heteroatoms. The van der Waals surface area contributed by atoms with Crippen molar-refractivity contribution in [1.82, 2.24) is 19.7 Å². The second-order valence-electron chi connectivity index (χ2n) is 4.73. The summed E-state index contributed by atoms with van der Waals surface area (Å²) in [6, 6.07) is 0. The van der Waals surface area contributed by atoms with Gasteiger partial charge in [0.1, 0.15) is 5.01 Å². The fourth-order valence-electron chi connectivity index (χ4n) is 2.66. The molecule has 0 radical (unpaired) electrons. The lowest BCUT2D eigenvalue weighted by molar-refractivity contribution is 0.236. The van der Waals surface area contributed by atoms with Crippen LogP contribution >= 0.6 is 11.3 Å². The summed E-state index contributed by atoms with van der Waals surface area (Å²) in [5.74, 6) is 0. The van der Waals surface area contributed by atoms with Gasteiger partial charge in [0.25, 0.3) is 0 Å². The van der Waals surface area contributed by atoms with Gasteiger partial charge in [-0.05, 0) is 6.92 Å². The summed E-state index contributed by atoms with van der Waals surface area (Å²) >= 11 is 1.69.